The van der Waals surface area contributed by atoms with Crippen LogP contribution in [-0.4, -0.2) is 52.4 Å². The molecule has 0 aromatic heterocycles. The molecule has 6 atom stereocenters. The van der Waals surface area contributed by atoms with E-state index in [4.69, 9.17) is 24.2 Å². The van der Waals surface area contributed by atoms with Crippen LogP contribution in [0.4, 0.5) is 0 Å². The van der Waals surface area contributed by atoms with Crippen LogP contribution in [0, 0.1) is 17.8 Å². The molecule has 3 aliphatic rings. The van der Waals surface area contributed by atoms with Crippen molar-refractivity contribution in [1.82, 2.24) is 0 Å². The number of aliphatic hydroxyl groups is 2. The Labute approximate surface area is 353 Å². The molecule has 59 heavy (non-hydrogen) atoms. The van der Waals surface area contributed by atoms with E-state index < -0.39 is 11.4 Å². The number of nitrogens with zero attached hydrogens (tertiary/aromatic N) is 1. The minimum Gasteiger partial charge on any atom is -0.460 e. The average Bonchev–Trinajstić information content (AvgIpc) is 3.23. The van der Waals surface area contributed by atoms with E-state index in [0.717, 1.165) is 88.3 Å². The molecule has 0 bridgehead atoms. The summed E-state index contributed by atoms with van der Waals surface area (Å²) in [5.74, 6) is 1.32. The molecule has 2 N–H and O–H groups in total. The molecule has 0 radical (unpaired) electrons. The van der Waals surface area contributed by atoms with Gasteiger partial charge in [0.25, 0.3) is 0 Å². The molecule has 5 aromatic carbocycles. The molecule has 8 heteroatoms. The number of ether oxygens (including phenoxy) is 3. The summed E-state index contributed by atoms with van der Waals surface area (Å²) in [4.78, 5) is 7.42. The molecule has 1 fully saturated rings. The van der Waals surface area contributed by atoms with E-state index in [-0.39, 0.29) is 42.1 Å². The topological polar surface area (TPSA) is 89.7 Å². The van der Waals surface area contributed by atoms with E-state index in [1.165, 1.54) is 10.8 Å². The van der Waals surface area contributed by atoms with Crippen LogP contribution in [-0.2, 0) is 9.57 Å². The van der Waals surface area contributed by atoms with Crippen molar-refractivity contribution in [2.45, 2.75) is 93.2 Å². The molecule has 0 amide bonds. The quantitative estimate of drug-likeness (QED) is 0.0583. The molecular weight excluding hydrogens is 755 g/mol. The van der Waals surface area contributed by atoms with Crippen molar-refractivity contribution in [2.75, 3.05) is 19.8 Å². The van der Waals surface area contributed by atoms with Gasteiger partial charge in [-0.15, -0.1) is 18.3 Å². The van der Waals surface area contributed by atoms with E-state index in [9.17, 15) is 10.2 Å². The van der Waals surface area contributed by atoms with Crippen LogP contribution in [0.15, 0.2) is 137 Å². The summed E-state index contributed by atoms with van der Waals surface area (Å²) in [6, 6.07) is 35.9. The second-order valence-electron chi connectivity index (χ2n) is 17.2. The Kier molecular flexibility index (Phi) is 12.5. The Balaban J connectivity index is 1.30. The number of hydrogen-bond acceptors (Lipinski definition) is 8. The van der Waals surface area contributed by atoms with Crippen LogP contribution in [0.25, 0.3) is 21.5 Å². The lowest BCUT2D eigenvalue weighted by Crippen LogP contribution is -2.64. The third-order valence-corrected chi connectivity index (χ3v) is 13.3. The van der Waals surface area contributed by atoms with Gasteiger partial charge in [-0.2, -0.15) is 0 Å². The van der Waals surface area contributed by atoms with E-state index >= 15 is 0 Å². The van der Waals surface area contributed by atoms with Gasteiger partial charge in [0.1, 0.15) is 22.8 Å². The number of rotatable bonds is 16. The molecule has 0 saturated heterocycles. The Hall–Kier alpha value is -4.60. The lowest BCUT2D eigenvalue weighted by Gasteiger charge is -2.58. The number of allylic oxidation sites excluding steroid dienone is 1. The second-order valence-corrected chi connectivity index (χ2v) is 18.5. The van der Waals surface area contributed by atoms with E-state index in [1.54, 1.807) is 11.8 Å². The van der Waals surface area contributed by atoms with E-state index in [2.05, 4.69) is 91.5 Å². The molecule has 1 aliphatic heterocycles. The van der Waals surface area contributed by atoms with Gasteiger partial charge in [0, 0.05) is 36.0 Å². The van der Waals surface area contributed by atoms with Gasteiger partial charge >= 0.3 is 0 Å². The summed E-state index contributed by atoms with van der Waals surface area (Å²) in [7, 11) is 0. The molecular formula is C51H57NO6S. The molecule has 0 spiro atoms. The van der Waals surface area contributed by atoms with Crippen LogP contribution in [0.5, 0.6) is 17.2 Å². The zero-order chi connectivity index (χ0) is 41.0. The number of fused-ring (bicyclic) bond motifs is 4. The minimum atomic E-state index is -1.08. The fraction of sp³-hybridized carbons (Fsp3) is 0.392. The highest BCUT2D eigenvalue weighted by atomic mass is 32.2. The summed E-state index contributed by atoms with van der Waals surface area (Å²) < 4.78 is 21.3. The minimum absolute atomic E-state index is 0.0404. The third kappa shape index (κ3) is 8.83. The molecule has 7 nitrogen and oxygen atoms in total. The fourth-order valence-corrected chi connectivity index (χ4v) is 10.8. The standard InChI is InChI=1S/C51H57NO6S/c1-5-28-55-51-47(59-41-24-21-35-15-7-9-17-37(35)30-41)33-45(52-58-50(2,3)4)43-31-38(18-10-12-26-53)42(19-11-13-27-54)48(49(43)51)44-32-40(23-25-46(44)57-51)56-39-22-20-34-14-6-8-16-36(34)29-39/h5-9,14-17,20-25,29-32,38,42,47-49,53-54H,1,10-13,18-19,26-28,33H2,2-4H3/t38-,42+,47-,48+,49+,51+/m0/s1. The maximum Gasteiger partial charge on any atom is 0.231 e. The van der Waals surface area contributed by atoms with Crippen LogP contribution in [0.1, 0.15) is 77.2 Å². The Morgan fingerprint density at radius 1 is 0.814 bits per heavy atom. The summed E-state index contributed by atoms with van der Waals surface area (Å²) in [6.45, 7) is 10.8. The lowest BCUT2D eigenvalue weighted by atomic mass is 9.56. The van der Waals surface area contributed by atoms with Crippen LogP contribution < -0.4 is 9.47 Å². The van der Waals surface area contributed by atoms with Gasteiger partial charge in [-0.25, -0.2) is 0 Å². The molecule has 0 unspecified atom stereocenters. The number of oxime groups is 1. The van der Waals surface area contributed by atoms with Crippen molar-refractivity contribution in [3.63, 3.8) is 0 Å². The number of benzene rings is 5. The van der Waals surface area contributed by atoms with Gasteiger partial charge in [-0.3, -0.25) is 0 Å². The molecule has 5 aromatic rings. The molecule has 1 heterocycles. The first-order valence-electron chi connectivity index (χ1n) is 21.3. The molecule has 308 valence electrons. The van der Waals surface area contributed by atoms with Gasteiger partial charge in [0.2, 0.25) is 5.79 Å². The first kappa shape index (κ1) is 41.1. The number of thioether (sulfide) groups is 1. The second kappa shape index (κ2) is 17.9. The maximum atomic E-state index is 10.00. The third-order valence-electron chi connectivity index (χ3n) is 12.0. The Morgan fingerprint density at radius 3 is 2.19 bits per heavy atom. The number of aliphatic hydroxyl groups excluding tert-OH is 2. The predicted octanol–water partition coefficient (Wildman–Crippen LogP) is 12.0. The molecule has 8 rings (SSSR count). The van der Waals surface area contributed by atoms with Crippen molar-refractivity contribution in [2.24, 2.45) is 22.9 Å². The largest absolute Gasteiger partial charge is 0.460 e. The smallest absolute Gasteiger partial charge is 0.231 e. The zero-order valence-corrected chi connectivity index (χ0v) is 35.3. The average molecular weight is 812 g/mol. The van der Waals surface area contributed by atoms with Crippen molar-refractivity contribution in [3.8, 4) is 17.2 Å². The SMILES string of the molecule is C=CCO[C@@]12Oc3ccc(Oc4ccc5ccccc5c4)cc3[C@H]3[C@H](CCCCO)[C@@H](CCCCO)C=C(C(=NOC(C)(C)C)C[C@@H]1Sc1ccc4ccccc4c1)[C@H]32. The van der Waals surface area contributed by atoms with E-state index in [0.29, 0.717) is 13.0 Å². The van der Waals surface area contributed by atoms with Gasteiger partial charge in [-0.05, 0) is 128 Å². The monoisotopic (exact) mass is 811 g/mol. The van der Waals surface area contributed by atoms with Crippen molar-refractivity contribution in [3.05, 3.63) is 133 Å². The van der Waals surface area contributed by atoms with Crippen LogP contribution >= 0.6 is 11.8 Å². The maximum absolute atomic E-state index is 10.00. The summed E-state index contributed by atoms with van der Waals surface area (Å²) >= 11 is 1.78. The van der Waals surface area contributed by atoms with Gasteiger partial charge in [-0.1, -0.05) is 90.8 Å². The molecule has 2 aliphatic carbocycles. The fourth-order valence-electron chi connectivity index (χ4n) is 9.45. The van der Waals surface area contributed by atoms with Crippen molar-refractivity contribution in [1.29, 1.82) is 0 Å². The molecule has 1 saturated carbocycles. The predicted molar refractivity (Wildman–Crippen MR) is 240 cm³/mol. The lowest BCUT2D eigenvalue weighted by molar-refractivity contribution is -0.223. The zero-order valence-electron chi connectivity index (χ0n) is 34.5. The first-order chi connectivity index (χ1) is 28.7. The first-order valence-corrected chi connectivity index (χ1v) is 22.2. The highest BCUT2D eigenvalue weighted by molar-refractivity contribution is 8.00. The van der Waals surface area contributed by atoms with Crippen LogP contribution in [0.2, 0.25) is 0 Å². The summed E-state index contributed by atoms with van der Waals surface area (Å²) in [5, 5.41) is 29.3. The van der Waals surface area contributed by atoms with E-state index in [1.807, 2.05) is 51.1 Å². The normalized spacial score (nSPS) is 24.3. The Bertz CT molecular complexity index is 2330. The summed E-state index contributed by atoms with van der Waals surface area (Å²) in [5.41, 5.74) is 2.62. The highest BCUT2D eigenvalue weighted by Gasteiger charge is 2.64. The summed E-state index contributed by atoms with van der Waals surface area (Å²) in [6.07, 6.45) is 9.91. The van der Waals surface area contributed by atoms with Crippen molar-refractivity contribution < 1.29 is 29.3 Å². The van der Waals surface area contributed by atoms with Gasteiger partial charge in [0.05, 0.1) is 23.5 Å². The Morgan fingerprint density at radius 2 is 1.47 bits per heavy atom. The van der Waals surface area contributed by atoms with Crippen molar-refractivity contribution >= 4 is 39.0 Å². The number of unbranched alkanes of at least 4 members (excludes halogenated alkanes) is 2. The highest BCUT2D eigenvalue weighted by Crippen LogP contribution is 2.63. The van der Waals surface area contributed by atoms with Crippen LogP contribution in [0.3, 0.4) is 0 Å². The number of hydrogen-bond donors (Lipinski definition) is 2. The van der Waals surface area contributed by atoms with Gasteiger partial charge < -0.3 is 29.3 Å². The van der Waals surface area contributed by atoms with Gasteiger partial charge in [0.15, 0.2) is 0 Å².